The number of ether oxygens (including phenoxy) is 1. The zero-order valence-corrected chi connectivity index (χ0v) is 10.7. The molecule has 4 nitrogen and oxygen atoms in total. The fourth-order valence-electron chi connectivity index (χ4n) is 1.76. The molecule has 0 aromatic heterocycles. The average Bonchev–Trinajstić information content (AvgIpc) is 3.12. The van der Waals surface area contributed by atoms with E-state index in [-0.39, 0.29) is 25.9 Å². The molecule has 1 aliphatic carbocycles. The van der Waals surface area contributed by atoms with Gasteiger partial charge in [-0.1, -0.05) is 0 Å². The minimum Gasteiger partial charge on any atom is -0.493 e. The van der Waals surface area contributed by atoms with Gasteiger partial charge in [-0.3, -0.25) is 4.79 Å². The fraction of sp³-hybridized carbons (Fsp3) is 0.462. The number of nitrogens with two attached hydrogens (primary N) is 1. The van der Waals surface area contributed by atoms with Gasteiger partial charge in [0, 0.05) is 5.69 Å². The SMILES string of the molecule is Nc1ccc(OCCC(=O)NC2(C(F)(F)F)CC2)cc1. The number of anilines is 1. The lowest BCUT2D eigenvalue weighted by Gasteiger charge is -2.20. The summed E-state index contributed by atoms with van der Waals surface area (Å²) < 4.78 is 43.1. The van der Waals surface area contributed by atoms with Crippen LogP contribution in [0.25, 0.3) is 0 Å². The molecule has 110 valence electrons. The van der Waals surface area contributed by atoms with Crippen molar-refractivity contribution in [2.24, 2.45) is 0 Å². The number of nitrogens with one attached hydrogen (secondary N) is 1. The minimum atomic E-state index is -4.39. The fourth-order valence-corrected chi connectivity index (χ4v) is 1.76. The molecule has 1 aromatic carbocycles. The van der Waals surface area contributed by atoms with Crippen molar-refractivity contribution in [2.45, 2.75) is 31.0 Å². The molecule has 0 spiro atoms. The first-order valence-electron chi connectivity index (χ1n) is 6.18. The van der Waals surface area contributed by atoms with Crippen LogP contribution in [0.2, 0.25) is 0 Å². The van der Waals surface area contributed by atoms with Crippen molar-refractivity contribution >= 4 is 11.6 Å². The lowest BCUT2D eigenvalue weighted by molar-refractivity contribution is -0.170. The van der Waals surface area contributed by atoms with Crippen LogP contribution < -0.4 is 15.8 Å². The van der Waals surface area contributed by atoms with Crippen LogP contribution in [-0.4, -0.2) is 24.2 Å². The molecular weight excluding hydrogens is 273 g/mol. The Hall–Kier alpha value is -1.92. The molecule has 1 fully saturated rings. The number of rotatable bonds is 5. The number of halogens is 3. The Labute approximate surface area is 114 Å². The van der Waals surface area contributed by atoms with Crippen LogP contribution >= 0.6 is 0 Å². The summed E-state index contributed by atoms with van der Waals surface area (Å²) in [6, 6.07) is 6.53. The summed E-state index contributed by atoms with van der Waals surface area (Å²) in [6.07, 6.45) is -4.62. The van der Waals surface area contributed by atoms with Crippen molar-refractivity contribution in [1.29, 1.82) is 0 Å². The van der Waals surface area contributed by atoms with E-state index in [4.69, 9.17) is 10.5 Å². The van der Waals surface area contributed by atoms with Gasteiger partial charge in [0.15, 0.2) is 0 Å². The van der Waals surface area contributed by atoms with Crippen LogP contribution in [0.5, 0.6) is 5.75 Å². The summed E-state index contributed by atoms with van der Waals surface area (Å²) in [6.45, 7) is 0.0175. The first-order chi connectivity index (χ1) is 9.32. The lowest BCUT2D eigenvalue weighted by Crippen LogP contribution is -2.48. The minimum absolute atomic E-state index is 0.0175. The second-order valence-corrected chi connectivity index (χ2v) is 4.80. The van der Waals surface area contributed by atoms with Gasteiger partial charge >= 0.3 is 6.18 Å². The maximum Gasteiger partial charge on any atom is 0.411 e. The maximum atomic E-state index is 12.6. The number of nitrogen functional groups attached to an aromatic ring is 1. The van der Waals surface area contributed by atoms with E-state index in [9.17, 15) is 18.0 Å². The van der Waals surface area contributed by atoms with Crippen LogP contribution in [0.1, 0.15) is 19.3 Å². The standard InChI is InChI=1S/C13H15F3N2O2/c14-13(15,16)12(6-7-12)18-11(19)5-8-20-10-3-1-9(17)2-4-10/h1-4H,5-8,17H2,(H,18,19). The summed E-state index contributed by atoms with van der Waals surface area (Å²) in [5.41, 5.74) is 4.07. The predicted octanol–water partition coefficient (Wildman–Crippen LogP) is 2.25. The molecule has 20 heavy (non-hydrogen) atoms. The largest absolute Gasteiger partial charge is 0.493 e. The van der Waals surface area contributed by atoms with E-state index in [1.54, 1.807) is 24.3 Å². The van der Waals surface area contributed by atoms with E-state index >= 15 is 0 Å². The second kappa shape index (κ2) is 5.22. The molecule has 7 heteroatoms. The first-order valence-corrected chi connectivity index (χ1v) is 6.18. The lowest BCUT2D eigenvalue weighted by atomic mass is 10.2. The number of alkyl halides is 3. The molecule has 0 saturated heterocycles. The molecule has 3 N–H and O–H groups in total. The molecule has 2 rings (SSSR count). The van der Waals surface area contributed by atoms with E-state index in [0.29, 0.717) is 11.4 Å². The molecule has 0 radical (unpaired) electrons. The number of benzene rings is 1. The summed E-state index contributed by atoms with van der Waals surface area (Å²) in [5.74, 6) is -0.140. The highest BCUT2D eigenvalue weighted by Gasteiger charge is 2.64. The molecule has 1 aromatic rings. The Bertz CT molecular complexity index is 481. The van der Waals surface area contributed by atoms with Gasteiger partial charge < -0.3 is 15.8 Å². The summed E-state index contributed by atoms with van der Waals surface area (Å²) in [5, 5.41) is 2.04. The highest BCUT2D eigenvalue weighted by molar-refractivity contribution is 5.77. The molecule has 1 aliphatic rings. The molecule has 1 saturated carbocycles. The van der Waals surface area contributed by atoms with Crippen LogP contribution in [0.3, 0.4) is 0 Å². The van der Waals surface area contributed by atoms with Crippen molar-refractivity contribution in [1.82, 2.24) is 5.32 Å². The summed E-state index contributed by atoms with van der Waals surface area (Å²) in [4.78, 5) is 11.5. The zero-order valence-electron chi connectivity index (χ0n) is 10.7. The second-order valence-electron chi connectivity index (χ2n) is 4.80. The van der Waals surface area contributed by atoms with Crippen molar-refractivity contribution < 1.29 is 22.7 Å². The van der Waals surface area contributed by atoms with Gasteiger partial charge in [-0.15, -0.1) is 0 Å². The van der Waals surface area contributed by atoms with Crippen LogP contribution in [0.4, 0.5) is 18.9 Å². The van der Waals surface area contributed by atoms with Gasteiger partial charge in [-0.2, -0.15) is 13.2 Å². The Morgan fingerprint density at radius 1 is 1.30 bits per heavy atom. The Morgan fingerprint density at radius 2 is 1.90 bits per heavy atom. The van der Waals surface area contributed by atoms with E-state index in [0.717, 1.165) is 0 Å². The molecular formula is C13H15F3N2O2. The highest BCUT2D eigenvalue weighted by atomic mass is 19.4. The van der Waals surface area contributed by atoms with Gasteiger partial charge in [-0.25, -0.2) is 0 Å². The molecule has 0 aliphatic heterocycles. The third-order valence-electron chi connectivity index (χ3n) is 3.15. The van der Waals surface area contributed by atoms with E-state index in [1.165, 1.54) is 0 Å². The molecule has 0 atom stereocenters. The quantitative estimate of drug-likeness (QED) is 0.817. The number of hydrogen-bond donors (Lipinski definition) is 2. The number of carbonyl (C=O) groups is 1. The topological polar surface area (TPSA) is 64.3 Å². The Kier molecular flexibility index (Phi) is 3.78. The number of hydrogen-bond acceptors (Lipinski definition) is 3. The van der Waals surface area contributed by atoms with Gasteiger partial charge in [0.2, 0.25) is 5.91 Å². The van der Waals surface area contributed by atoms with E-state index in [2.05, 4.69) is 0 Å². The maximum absolute atomic E-state index is 12.6. The van der Waals surface area contributed by atoms with Crippen molar-refractivity contribution in [2.75, 3.05) is 12.3 Å². The molecule has 0 unspecified atom stereocenters. The first kappa shape index (κ1) is 14.5. The zero-order chi connectivity index (χ0) is 14.8. The number of carbonyl (C=O) groups excluding carboxylic acids is 1. The van der Waals surface area contributed by atoms with Crippen molar-refractivity contribution in [3.63, 3.8) is 0 Å². The molecule has 0 heterocycles. The van der Waals surface area contributed by atoms with Crippen molar-refractivity contribution in [3.8, 4) is 5.75 Å². The Morgan fingerprint density at radius 3 is 2.40 bits per heavy atom. The van der Waals surface area contributed by atoms with E-state index in [1.807, 2.05) is 5.32 Å². The summed E-state index contributed by atoms with van der Waals surface area (Å²) >= 11 is 0. The third kappa shape index (κ3) is 3.34. The monoisotopic (exact) mass is 288 g/mol. The smallest absolute Gasteiger partial charge is 0.411 e. The molecule has 0 bridgehead atoms. The Balaban J connectivity index is 1.75. The number of amides is 1. The third-order valence-corrected chi connectivity index (χ3v) is 3.15. The predicted molar refractivity (Wildman–Crippen MR) is 67.1 cm³/mol. The van der Waals surface area contributed by atoms with E-state index < -0.39 is 17.6 Å². The van der Waals surface area contributed by atoms with Gasteiger partial charge in [0.1, 0.15) is 11.3 Å². The van der Waals surface area contributed by atoms with Crippen molar-refractivity contribution in [3.05, 3.63) is 24.3 Å². The van der Waals surface area contributed by atoms with Crippen LogP contribution in [-0.2, 0) is 4.79 Å². The molecule has 1 amide bonds. The summed E-state index contributed by atoms with van der Waals surface area (Å²) in [7, 11) is 0. The highest BCUT2D eigenvalue weighted by Crippen LogP contribution is 2.48. The van der Waals surface area contributed by atoms with Crippen LogP contribution in [0, 0.1) is 0 Å². The van der Waals surface area contributed by atoms with Gasteiger partial charge in [0.25, 0.3) is 0 Å². The normalized spacial score (nSPS) is 16.6. The van der Waals surface area contributed by atoms with Gasteiger partial charge in [0.05, 0.1) is 13.0 Å². The van der Waals surface area contributed by atoms with Gasteiger partial charge in [-0.05, 0) is 37.1 Å². The average molecular weight is 288 g/mol. The van der Waals surface area contributed by atoms with Crippen LogP contribution in [0.15, 0.2) is 24.3 Å².